The van der Waals surface area contributed by atoms with E-state index in [1.807, 2.05) is 0 Å². The van der Waals surface area contributed by atoms with Crippen molar-refractivity contribution >= 4 is 21.7 Å². The molecular weight excluding hydrogens is 396 g/mol. The Morgan fingerprint density at radius 3 is 2.16 bits per heavy atom. The van der Waals surface area contributed by atoms with Crippen molar-refractivity contribution in [1.82, 2.24) is 0 Å². The van der Waals surface area contributed by atoms with Gasteiger partial charge >= 0.3 is 0 Å². The van der Waals surface area contributed by atoms with Gasteiger partial charge in [-0.3, -0.25) is 4.79 Å². The van der Waals surface area contributed by atoms with Gasteiger partial charge in [0.15, 0.2) is 19.4 Å². The number of Topliss-reactive ketones (excluding diaryl/α,β-unsaturated/α-hetero) is 1. The van der Waals surface area contributed by atoms with E-state index in [9.17, 15) is 4.79 Å². The molecule has 1 rings (SSSR count). The van der Waals surface area contributed by atoms with E-state index in [4.69, 9.17) is 28.4 Å². The highest BCUT2D eigenvalue weighted by Gasteiger charge is 2.21. The summed E-state index contributed by atoms with van der Waals surface area (Å²) in [6.45, 7) is 3.02. The first kappa shape index (κ1) is 21.9. The second-order valence-electron chi connectivity index (χ2n) is 5.05. The molecule has 0 amide bonds. The summed E-state index contributed by atoms with van der Waals surface area (Å²) in [7, 11) is 4.66. The van der Waals surface area contributed by atoms with E-state index in [0.717, 1.165) is 5.56 Å². The molecular formula is C17H25BrO7. The van der Waals surface area contributed by atoms with Crippen LogP contribution in [0.4, 0.5) is 0 Å². The highest BCUT2D eigenvalue weighted by atomic mass is 79.9. The van der Waals surface area contributed by atoms with Crippen LogP contribution in [0.5, 0.6) is 11.5 Å². The zero-order valence-corrected chi connectivity index (χ0v) is 16.6. The molecule has 0 radical (unpaired) electrons. The number of carbonyl (C=O) groups excluding carboxylic acids is 1. The van der Waals surface area contributed by atoms with E-state index >= 15 is 0 Å². The number of carbonyl (C=O) groups is 1. The van der Waals surface area contributed by atoms with Gasteiger partial charge in [0.2, 0.25) is 0 Å². The molecule has 8 heteroatoms. The van der Waals surface area contributed by atoms with Gasteiger partial charge in [-0.2, -0.15) is 0 Å². The number of rotatable bonds is 13. The van der Waals surface area contributed by atoms with Crippen molar-refractivity contribution in [2.24, 2.45) is 0 Å². The predicted octanol–water partition coefficient (Wildman–Crippen LogP) is 2.82. The summed E-state index contributed by atoms with van der Waals surface area (Å²) in [5.41, 5.74) is 1.23. The van der Waals surface area contributed by atoms with E-state index < -0.39 is 0 Å². The van der Waals surface area contributed by atoms with E-state index in [2.05, 4.69) is 15.9 Å². The monoisotopic (exact) mass is 420 g/mol. The summed E-state index contributed by atoms with van der Waals surface area (Å²) in [6.07, 6.45) is 0.507. The van der Waals surface area contributed by atoms with Gasteiger partial charge < -0.3 is 28.4 Å². The Bertz CT molecular complexity index is 548. The molecule has 142 valence electrons. The van der Waals surface area contributed by atoms with Crippen molar-refractivity contribution in [3.63, 3.8) is 0 Å². The minimum absolute atomic E-state index is 0.0232. The first-order valence-electron chi connectivity index (χ1n) is 7.73. The molecule has 0 aromatic heterocycles. The maximum absolute atomic E-state index is 12.2. The third-order valence-electron chi connectivity index (χ3n) is 3.24. The molecule has 0 aliphatic heterocycles. The highest BCUT2D eigenvalue weighted by molar-refractivity contribution is 9.10. The molecule has 0 bridgehead atoms. The fourth-order valence-corrected chi connectivity index (χ4v) is 2.79. The molecule has 0 spiro atoms. The van der Waals surface area contributed by atoms with E-state index in [-0.39, 0.29) is 19.4 Å². The second-order valence-corrected chi connectivity index (χ2v) is 5.85. The minimum Gasteiger partial charge on any atom is -0.467 e. The van der Waals surface area contributed by atoms with Crippen molar-refractivity contribution in [2.75, 3.05) is 54.7 Å². The van der Waals surface area contributed by atoms with E-state index in [0.29, 0.717) is 47.8 Å². The maximum atomic E-state index is 12.2. The van der Waals surface area contributed by atoms with Crippen LogP contribution in [-0.2, 0) is 25.4 Å². The topological polar surface area (TPSA) is 72.5 Å². The molecule has 0 N–H and O–H groups in total. The molecule has 25 heavy (non-hydrogen) atoms. The van der Waals surface area contributed by atoms with Gasteiger partial charge in [0.1, 0.15) is 11.5 Å². The molecule has 0 aliphatic carbocycles. The van der Waals surface area contributed by atoms with Gasteiger partial charge in [-0.05, 0) is 34.8 Å². The number of ketones is 1. The van der Waals surface area contributed by atoms with Gasteiger partial charge in [-0.1, -0.05) is 0 Å². The zero-order valence-electron chi connectivity index (χ0n) is 15.1. The third-order valence-corrected chi connectivity index (χ3v) is 4.11. The predicted molar refractivity (Wildman–Crippen MR) is 95.6 cm³/mol. The summed E-state index contributed by atoms with van der Waals surface area (Å²) < 4.78 is 32.2. The van der Waals surface area contributed by atoms with Crippen LogP contribution < -0.4 is 9.47 Å². The molecule has 0 unspecified atom stereocenters. The fourth-order valence-electron chi connectivity index (χ4n) is 2.16. The van der Waals surface area contributed by atoms with Crippen molar-refractivity contribution < 1.29 is 33.2 Å². The lowest BCUT2D eigenvalue weighted by Crippen LogP contribution is -2.12. The smallest absolute Gasteiger partial charge is 0.188 e. The summed E-state index contributed by atoms with van der Waals surface area (Å²) in [5.74, 6) is 0.803. The van der Waals surface area contributed by atoms with Crippen LogP contribution in [0.3, 0.4) is 0 Å². The summed E-state index contributed by atoms with van der Waals surface area (Å²) >= 11 is 3.52. The normalized spacial score (nSPS) is 10.8. The summed E-state index contributed by atoms with van der Waals surface area (Å²) in [4.78, 5) is 12.2. The SMILES string of the molecule is COCCOCCc1c(Br)c(OCOC)cc(OCOC)c1C(C)=O. The van der Waals surface area contributed by atoms with E-state index in [1.165, 1.54) is 21.1 Å². The van der Waals surface area contributed by atoms with Gasteiger partial charge in [-0.15, -0.1) is 0 Å². The Kier molecular flexibility index (Phi) is 10.7. The zero-order chi connectivity index (χ0) is 18.7. The number of hydrogen-bond acceptors (Lipinski definition) is 7. The van der Waals surface area contributed by atoms with Crippen LogP contribution in [0, 0.1) is 0 Å². The summed E-state index contributed by atoms with van der Waals surface area (Å²) in [6, 6.07) is 1.65. The number of hydrogen-bond donors (Lipinski definition) is 0. The highest BCUT2D eigenvalue weighted by Crippen LogP contribution is 2.38. The van der Waals surface area contributed by atoms with E-state index in [1.54, 1.807) is 13.2 Å². The maximum Gasteiger partial charge on any atom is 0.188 e. The second kappa shape index (κ2) is 12.2. The molecule has 1 aromatic carbocycles. The molecule has 0 saturated heterocycles. The van der Waals surface area contributed by atoms with Gasteiger partial charge in [0.25, 0.3) is 0 Å². The number of halogens is 1. The molecule has 0 atom stereocenters. The largest absolute Gasteiger partial charge is 0.467 e. The minimum atomic E-state index is -0.114. The molecule has 0 heterocycles. The standard InChI is InChI=1S/C17H25BrO7/c1-12(19)16-13(5-6-23-8-7-20-2)17(18)15(25-11-22-4)9-14(16)24-10-21-3/h9H,5-8,10-11H2,1-4H3. The average Bonchev–Trinajstić information content (AvgIpc) is 2.59. The number of methoxy groups -OCH3 is 3. The Morgan fingerprint density at radius 1 is 0.960 bits per heavy atom. The number of benzene rings is 1. The van der Waals surface area contributed by atoms with Crippen LogP contribution in [0.2, 0.25) is 0 Å². The van der Waals surface area contributed by atoms with Crippen molar-refractivity contribution in [1.29, 1.82) is 0 Å². The lowest BCUT2D eigenvalue weighted by Gasteiger charge is -2.18. The Morgan fingerprint density at radius 2 is 1.60 bits per heavy atom. The molecule has 0 aliphatic rings. The quantitative estimate of drug-likeness (QED) is 0.276. The van der Waals surface area contributed by atoms with Crippen molar-refractivity contribution in [2.45, 2.75) is 13.3 Å². The van der Waals surface area contributed by atoms with Crippen molar-refractivity contribution in [3.8, 4) is 11.5 Å². The van der Waals surface area contributed by atoms with Crippen molar-refractivity contribution in [3.05, 3.63) is 21.7 Å². The number of ether oxygens (including phenoxy) is 6. The Balaban J connectivity index is 3.14. The van der Waals surface area contributed by atoms with Crippen LogP contribution in [0.25, 0.3) is 0 Å². The summed E-state index contributed by atoms with van der Waals surface area (Å²) in [5, 5.41) is 0. The van der Waals surface area contributed by atoms with Crippen LogP contribution in [0.1, 0.15) is 22.8 Å². The first-order chi connectivity index (χ1) is 12.1. The lowest BCUT2D eigenvalue weighted by atomic mass is 10.00. The molecule has 0 saturated carbocycles. The Labute approximate surface area is 156 Å². The van der Waals surface area contributed by atoms with Crippen LogP contribution in [-0.4, -0.2) is 60.5 Å². The molecule has 7 nitrogen and oxygen atoms in total. The van der Waals surface area contributed by atoms with Gasteiger partial charge in [0, 0.05) is 27.4 Å². The first-order valence-corrected chi connectivity index (χ1v) is 8.52. The van der Waals surface area contributed by atoms with Gasteiger partial charge in [-0.25, -0.2) is 0 Å². The van der Waals surface area contributed by atoms with Crippen LogP contribution >= 0.6 is 15.9 Å². The van der Waals surface area contributed by atoms with Gasteiger partial charge in [0.05, 0.1) is 29.9 Å². The average molecular weight is 421 g/mol. The molecule has 1 aromatic rings. The third kappa shape index (κ3) is 6.91. The lowest BCUT2D eigenvalue weighted by molar-refractivity contribution is 0.0449. The Hall–Kier alpha value is -1.19. The molecule has 0 fully saturated rings. The van der Waals surface area contributed by atoms with Crippen LogP contribution in [0.15, 0.2) is 10.5 Å². The fraction of sp³-hybridized carbons (Fsp3) is 0.588.